The average Bonchev–Trinajstić information content (AvgIpc) is 2.69. The molecule has 0 aliphatic rings. The lowest BCUT2D eigenvalue weighted by Crippen LogP contribution is -2.38. The van der Waals surface area contributed by atoms with Gasteiger partial charge in [-0.25, -0.2) is 8.42 Å². The molecule has 0 saturated heterocycles. The number of hydrogen-bond acceptors (Lipinski definition) is 3. The monoisotopic (exact) mass is 462 g/mol. The highest BCUT2D eigenvalue weighted by Crippen LogP contribution is 2.27. The van der Waals surface area contributed by atoms with Crippen molar-refractivity contribution in [3.63, 3.8) is 0 Å². The Morgan fingerprint density at radius 1 is 0.933 bits per heavy atom. The van der Waals surface area contributed by atoms with E-state index in [0.29, 0.717) is 21.4 Å². The molecule has 30 heavy (non-hydrogen) atoms. The van der Waals surface area contributed by atoms with Crippen molar-refractivity contribution in [2.45, 2.75) is 18.7 Å². The molecular weight excluding hydrogens is 443 g/mol. The normalized spacial score (nSPS) is 11.2. The number of anilines is 2. The lowest BCUT2D eigenvalue weighted by atomic mass is 10.2. The van der Waals surface area contributed by atoms with Gasteiger partial charge in [0.15, 0.2) is 0 Å². The van der Waals surface area contributed by atoms with E-state index in [1.165, 1.54) is 18.2 Å². The van der Waals surface area contributed by atoms with Gasteiger partial charge >= 0.3 is 0 Å². The summed E-state index contributed by atoms with van der Waals surface area (Å²) in [5.74, 6) is -0.504. The van der Waals surface area contributed by atoms with E-state index in [9.17, 15) is 13.2 Å². The lowest BCUT2D eigenvalue weighted by molar-refractivity contribution is -0.114. The van der Waals surface area contributed by atoms with Gasteiger partial charge < -0.3 is 5.32 Å². The smallest absolute Gasteiger partial charge is 0.264 e. The largest absolute Gasteiger partial charge is 0.324 e. The zero-order valence-corrected chi connectivity index (χ0v) is 18.7. The van der Waals surface area contributed by atoms with Gasteiger partial charge in [0.1, 0.15) is 6.54 Å². The van der Waals surface area contributed by atoms with Gasteiger partial charge in [-0.1, -0.05) is 53.0 Å². The quantitative estimate of drug-likeness (QED) is 0.529. The lowest BCUT2D eigenvalue weighted by Gasteiger charge is -2.24. The van der Waals surface area contributed by atoms with Crippen molar-refractivity contribution in [1.29, 1.82) is 0 Å². The van der Waals surface area contributed by atoms with Gasteiger partial charge in [0.25, 0.3) is 10.0 Å². The third-order valence-electron chi connectivity index (χ3n) is 4.47. The SMILES string of the molecule is Cc1ccc(S(=O)(=O)N(CC(=O)Nc2cc(Cl)ccc2C)c2cccc(Cl)c2)cc1. The molecule has 0 atom stereocenters. The highest BCUT2D eigenvalue weighted by molar-refractivity contribution is 7.92. The summed E-state index contributed by atoms with van der Waals surface area (Å²) >= 11 is 12.1. The first kappa shape index (κ1) is 22.2. The first-order valence-electron chi connectivity index (χ1n) is 9.08. The van der Waals surface area contributed by atoms with Crippen LogP contribution in [0, 0.1) is 13.8 Å². The highest BCUT2D eigenvalue weighted by atomic mass is 35.5. The Hall–Kier alpha value is -2.54. The van der Waals surface area contributed by atoms with Crippen LogP contribution in [0.15, 0.2) is 71.6 Å². The minimum Gasteiger partial charge on any atom is -0.324 e. The fraction of sp³-hybridized carbons (Fsp3) is 0.136. The molecule has 0 aliphatic carbocycles. The van der Waals surface area contributed by atoms with Crippen LogP contribution < -0.4 is 9.62 Å². The van der Waals surface area contributed by atoms with Crippen LogP contribution in [0.3, 0.4) is 0 Å². The summed E-state index contributed by atoms with van der Waals surface area (Å²) in [7, 11) is -4.01. The van der Waals surface area contributed by atoms with Crippen molar-refractivity contribution in [3.05, 3.63) is 87.9 Å². The van der Waals surface area contributed by atoms with Gasteiger partial charge in [-0.05, 0) is 61.9 Å². The molecule has 3 rings (SSSR count). The summed E-state index contributed by atoms with van der Waals surface area (Å²) in [6.45, 7) is 3.26. The molecule has 1 amide bonds. The molecule has 0 aliphatic heterocycles. The predicted molar refractivity (Wildman–Crippen MR) is 122 cm³/mol. The van der Waals surface area contributed by atoms with Crippen molar-refractivity contribution in [2.24, 2.45) is 0 Å². The van der Waals surface area contributed by atoms with Crippen LogP contribution in [0.25, 0.3) is 0 Å². The van der Waals surface area contributed by atoms with Gasteiger partial charge in [0.2, 0.25) is 5.91 Å². The summed E-state index contributed by atoms with van der Waals surface area (Å²) in [6, 6.07) is 17.9. The number of carbonyl (C=O) groups is 1. The van der Waals surface area contributed by atoms with E-state index < -0.39 is 22.5 Å². The molecule has 1 N–H and O–H groups in total. The Morgan fingerprint density at radius 3 is 2.27 bits per heavy atom. The summed E-state index contributed by atoms with van der Waals surface area (Å²) in [6.07, 6.45) is 0. The van der Waals surface area contributed by atoms with Crippen LogP contribution in [0.1, 0.15) is 11.1 Å². The van der Waals surface area contributed by atoms with Crippen LogP contribution in [0.5, 0.6) is 0 Å². The number of hydrogen-bond donors (Lipinski definition) is 1. The fourth-order valence-electron chi connectivity index (χ4n) is 2.83. The molecule has 0 bridgehead atoms. The Labute approximate surface area is 186 Å². The molecular formula is C22H20Cl2N2O3S. The molecule has 8 heteroatoms. The van der Waals surface area contributed by atoms with Crippen molar-refractivity contribution in [3.8, 4) is 0 Å². The molecule has 3 aromatic carbocycles. The minimum absolute atomic E-state index is 0.0832. The van der Waals surface area contributed by atoms with Gasteiger partial charge in [0, 0.05) is 15.7 Å². The average molecular weight is 463 g/mol. The van der Waals surface area contributed by atoms with E-state index in [1.54, 1.807) is 48.5 Å². The summed E-state index contributed by atoms with van der Waals surface area (Å²) in [5.41, 5.74) is 2.55. The van der Waals surface area contributed by atoms with Crippen molar-refractivity contribution < 1.29 is 13.2 Å². The minimum atomic E-state index is -4.01. The molecule has 0 spiro atoms. The maximum atomic E-state index is 13.3. The number of sulfonamides is 1. The van der Waals surface area contributed by atoms with E-state index in [1.807, 2.05) is 13.8 Å². The van der Waals surface area contributed by atoms with Crippen molar-refractivity contribution in [2.75, 3.05) is 16.2 Å². The molecule has 0 radical (unpaired) electrons. The Morgan fingerprint density at radius 2 is 1.60 bits per heavy atom. The number of amides is 1. The topological polar surface area (TPSA) is 66.5 Å². The van der Waals surface area contributed by atoms with Crippen LogP contribution >= 0.6 is 23.2 Å². The number of nitrogens with zero attached hydrogens (tertiary/aromatic N) is 1. The number of aryl methyl sites for hydroxylation is 2. The van der Waals surface area contributed by atoms with Crippen LogP contribution in [-0.4, -0.2) is 20.9 Å². The number of halogens is 2. The third-order valence-corrected chi connectivity index (χ3v) is 6.72. The second-order valence-electron chi connectivity index (χ2n) is 6.81. The molecule has 0 saturated carbocycles. The summed E-state index contributed by atoms with van der Waals surface area (Å²) in [4.78, 5) is 12.9. The second-order valence-corrected chi connectivity index (χ2v) is 9.55. The maximum absolute atomic E-state index is 13.3. The number of benzene rings is 3. The first-order valence-corrected chi connectivity index (χ1v) is 11.3. The molecule has 0 heterocycles. The van der Waals surface area contributed by atoms with Crippen molar-refractivity contribution in [1.82, 2.24) is 0 Å². The summed E-state index contributed by atoms with van der Waals surface area (Å²) in [5, 5.41) is 3.57. The van der Waals surface area contributed by atoms with Gasteiger partial charge in [-0.3, -0.25) is 9.10 Å². The Kier molecular flexibility index (Phi) is 6.71. The van der Waals surface area contributed by atoms with Crippen LogP contribution in [-0.2, 0) is 14.8 Å². The van der Waals surface area contributed by atoms with Crippen LogP contribution in [0.2, 0.25) is 10.0 Å². The number of carbonyl (C=O) groups excluding carboxylic acids is 1. The summed E-state index contributed by atoms with van der Waals surface area (Å²) < 4.78 is 27.7. The first-order chi connectivity index (χ1) is 14.2. The second kappa shape index (κ2) is 9.08. The maximum Gasteiger partial charge on any atom is 0.264 e. The third kappa shape index (κ3) is 5.14. The molecule has 0 aromatic heterocycles. The highest BCUT2D eigenvalue weighted by Gasteiger charge is 2.27. The molecule has 156 valence electrons. The van der Waals surface area contributed by atoms with Gasteiger partial charge in [-0.2, -0.15) is 0 Å². The standard InChI is InChI=1S/C22H20Cl2N2O3S/c1-15-6-10-20(11-7-15)30(28,29)26(19-5-3-4-17(23)12-19)14-22(27)25-21-13-18(24)9-8-16(21)2/h3-13H,14H2,1-2H3,(H,25,27). The van der Waals surface area contributed by atoms with E-state index in [0.717, 1.165) is 15.4 Å². The van der Waals surface area contributed by atoms with E-state index in [4.69, 9.17) is 23.2 Å². The number of nitrogens with one attached hydrogen (secondary N) is 1. The molecule has 3 aromatic rings. The van der Waals surface area contributed by atoms with E-state index in [2.05, 4.69) is 5.32 Å². The van der Waals surface area contributed by atoms with E-state index >= 15 is 0 Å². The predicted octanol–water partition coefficient (Wildman–Crippen LogP) is 5.44. The molecule has 5 nitrogen and oxygen atoms in total. The zero-order valence-electron chi connectivity index (χ0n) is 16.4. The zero-order chi connectivity index (χ0) is 21.9. The van der Waals surface area contributed by atoms with Gasteiger partial charge in [0.05, 0.1) is 10.6 Å². The number of rotatable bonds is 6. The van der Waals surface area contributed by atoms with Crippen LogP contribution in [0.4, 0.5) is 11.4 Å². The molecule has 0 fully saturated rings. The van der Waals surface area contributed by atoms with Gasteiger partial charge in [-0.15, -0.1) is 0 Å². The molecule has 0 unspecified atom stereocenters. The van der Waals surface area contributed by atoms with Crippen molar-refractivity contribution >= 4 is 50.5 Å². The Balaban J connectivity index is 1.96. The Bertz CT molecular complexity index is 1180. The fourth-order valence-corrected chi connectivity index (χ4v) is 4.60. The van der Waals surface area contributed by atoms with E-state index in [-0.39, 0.29) is 4.90 Å².